The fraction of sp³-hybridized carbons (Fsp3) is 0.0952. The van der Waals surface area contributed by atoms with Crippen molar-refractivity contribution in [1.29, 1.82) is 0 Å². The first-order valence-electron chi connectivity index (χ1n) is 8.25. The molecule has 4 nitrogen and oxygen atoms in total. The van der Waals surface area contributed by atoms with Crippen molar-refractivity contribution in [3.63, 3.8) is 0 Å². The third-order valence-corrected chi connectivity index (χ3v) is 4.90. The van der Waals surface area contributed by atoms with Crippen molar-refractivity contribution in [1.82, 2.24) is 0 Å². The van der Waals surface area contributed by atoms with Crippen molar-refractivity contribution in [2.75, 3.05) is 5.73 Å². The average molecular weight is 365 g/mol. The molecule has 2 atom stereocenters. The van der Waals surface area contributed by atoms with Crippen LogP contribution in [0.15, 0.2) is 66.7 Å². The number of nitrogen functional groups attached to an aromatic ring is 1. The molecule has 0 radical (unpaired) electrons. The van der Waals surface area contributed by atoms with E-state index in [-0.39, 0.29) is 5.78 Å². The summed E-state index contributed by atoms with van der Waals surface area (Å²) >= 11 is 6.15. The Bertz CT molecular complexity index is 1000. The first kappa shape index (κ1) is 16.6. The molecule has 1 heterocycles. The number of carbonyl (C=O) groups excluding carboxylic acids is 1. The molecule has 0 amide bonds. The van der Waals surface area contributed by atoms with Crippen LogP contribution in [0.5, 0.6) is 5.75 Å². The molecule has 4 rings (SSSR count). The lowest BCUT2D eigenvalue weighted by atomic mass is 9.96. The van der Waals surface area contributed by atoms with E-state index < -0.39 is 12.1 Å². The predicted octanol–water partition coefficient (Wildman–Crippen LogP) is 4.23. The van der Waals surface area contributed by atoms with Gasteiger partial charge in [0, 0.05) is 16.8 Å². The van der Waals surface area contributed by atoms with Gasteiger partial charge in [0.2, 0.25) is 5.78 Å². The third kappa shape index (κ3) is 2.83. The third-order valence-electron chi connectivity index (χ3n) is 4.57. The maximum atomic E-state index is 12.8. The topological polar surface area (TPSA) is 78.3 Å². The van der Waals surface area contributed by atoms with E-state index in [4.69, 9.17) is 27.8 Å². The normalized spacial score (nSPS) is 18.2. The highest BCUT2D eigenvalue weighted by molar-refractivity contribution is 6.34. The summed E-state index contributed by atoms with van der Waals surface area (Å²) in [5.41, 5.74) is 16.0. The van der Waals surface area contributed by atoms with Crippen LogP contribution in [0.2, 0.25) is 5.02 Å². The fourth-order valence-corrected chi connectivity index (χ4v) is 3.44. The van der Waals surface area contributed by atoms with Crippen molar-refractivity contribution in [3.05, 3.63) is 82.9 Å². The Morgan fingerprint density at radius 2 is 1.73 bits per heavy atom. The molecule has 26 heavy (non-hydrogen) atoms. The highest BCUT2D eigenvalue weighted by atomic mass is 35.5. The van der Waals surface area contributed by atoms with Gasteiger partial charge in [-0.2, -0.15) is 0 Å². The van der Waals surface area contributed by atoms with E-state index in [2.05, 4.69) is 0 Å². The highest BCUT2D eigenvalue weighted by Crippen LogP contribution is 2.39. The van der Waals surface area contributed by atoms with Crippen molar-refractivity contribution in [3.8, 4) is 16.9 Å². The number of halogens is 1. The molecule has 0 aliphatic carbocycles. The minimum atomic E-state index is -0.791. The lowest BCUT2D eigenvalue weighted by molar-refractivity contribution is 0.0795. The summed E-state index contributed by atoms with van der Waals surface area (Å²) in [6.45, 7) is 0. The Morgan fingerprint density at radius 3 is 2.50 bits per heavy atom. The van der Waals surface area contributed by atoms with Crippen LogP contribution in [0.3, 0.4) is 0 Å². The summed E-state index contributed by atoms with van der Waals surface area (Å²) in [5, 5.41) is 0.393. The van der Waals surface area contributed by atoms with Crippen LogP contribution in [0.1, 0.15) is 22.0 Å². The molecule has 3 aromatic rings. The molecule has 3 aromatic carbocycles. The number of ether oxygens (including phenoxy) is 1. The molecular weight excluding hydrogens is 348 g/mol. The van der Waals surface area contributed by atoms with Gasteiger partial charge in [-0.15, -0.1) is 0 Å². The van der Waals surface area contributed by atoms with Gasteiger partial charge in [-0.25, -0.2) is 0 Å². The molecule has 2 unspecified atom stereocenters. The lowest BCUT2D eigenvalue weighted by Gasteiger charge is -2.14. The van der Waals surface area contributed by atoms with Gasteiger partial charge in [-0.05, 0) is 41.5 Å². The Hall–Kier alpha value is -2.82. The van der Waals surface area contributed by atoms with E-state index in [0.717, 1.165) is 16.7 Å². The quantitative estimate of drug-likeness (QED) is 0.538. The molecule has 0 saturated carbocycles. The molecule has 130 valence electrons. The minimum absolute atomic E-state index is 0.218. The first-order valence-corrected chi connectivity index (χ1v) is 8.63. The molecule has 0 spiro atoms. The van der Waals surface area contributed by atoms with Gasteiger partial charge in [0.25, 0.3) is 0 Å². The molecule has 1 aliphatic rings. The van der Waals surface area contributed by atoms with Crippen molar-refractivity contribution < 1.29 is 9.53 Å². The van der Waals surface area contributed by atoms with E-state index in [1.165, 1.54) is 0 Å². The maximum absolute atomic E-state index is 12.8. The second-order valence-electron chi connectivity index (χ2n) is 6.29. The fourth-order valence-electron chi connectivity index (χ4n) is 3.21. The van der Waals surface area contributed by atoms with Crippen LogP contribution < -0.4 is 16.2 Å². The van der Waals surface area contributed by atoms with Gasteiger partial charge in [0.05, 0.1) is 11.1 Å². The number of anilines is 1. The number of carbonyl (C=O) groups is 1. The number of Topliss-reactive ketones (excluding diaryl/α,β-unsaturated/α-hetero) is 1. The average Bonchev–Trinajstić information content (AvgIpc) is 2.98. The largest absolute Gasteiger partial charge is 0.480 e. The van der Waals surface area contributed by atoms with E-state index in [1.807, 2.05) is 42.5 Å². The predicted molar refractivity (Wildman–Crippen MR) is 103 cm³/mol. The van der Waals surface area contributed by atoms with Gasteiger partial charge in [0.1, 0.15) is 5.75 Å². The highest BCUT2D eigenvalue weighted by Gasteiger charge is 2.38. The minimum Gasteiger partial charge on any atom is -0.480 e. The molecule has 0 fully saturated rings. The number of benzene rings is 3. The van der Waals surface area contributed by atoms with Gasteiger partial charge < -0.3 is 16.2 Å². The maximum Gasteiger partial charge on any atom is 0.206 e. The van der Waals surface area contributed by atoms with Gasteiger partial charge in [-0.3, -0.25) is 4.79 Å². The van der Waals surface area contributed by atoms with Crippen molar-refractivity contribution >= 4 is 23.1 Å². The zero-order chi connectivity index (χ0) is 18.3. The standard InChI is InChI=1S/C21H17ClN2O2/c22-17-7-2-1-6-15(17)20(25)21-19(24)16-9-8-13(11-18(16)26-21)12-4-3-5-14(23)10-12/h1-11,19,21H,23-24H2. The van der Waals surface area contributed by atoms with Crippen LogP contribution in [-0.2, 0) is 0 Å². The molecule has 0 bridgehead atoms. The van der Waals surface area contributed by atoms with Crippen LogP contribution >= 0.6 is 11.6 Å². The van der Waals surface area contributed by atoms with Crippen LogP contribution in [-0.4, -0.2) is 11.9 Å². The molecule has 5 heteroatoms. The second-order valence-corrected chi connectivity index (χ2v) is 6.69. The van der Waals surface area contributed by atoms with E-state index in [0.29, 0.717) is 22.0 Å². The molecule has 1 aliphatic heterocycles. The number of ketones is 1. The number of rotatable bonds is 3. The Morgan fingerprint density at radius 1 is 0.962 bits per heavy atom. The Kier molecular flexibility index (Phi) is 4.15. The van der Waals surface area contributed by atoms with Gasteiger partial charge in [0.15, 0.2) is 6.10 Å². The molecule has 0 aromatic heterocycles. The zero-order valence-electron chi connectivity index (χ0n) is 13.9. The summed E-state index contributed by atoms with van der Waals surface area (Å²) < 4.78 is 5.92. The molecular formula is C21H17ClN2O2. The first-order chi connectivity index (χ1) is 12.5. The Labute approximate surface area is 156 Å². The smallest absolute Gasteiger partial charge is 0.206 e. The molecule has 0 saturated heterocycles. The monoisotopic (exact) mass is 364 g/mol. The lowest BCUT2D eigenvalue weighted by Crippen LogP contribution is -2.33. The zero-order valence-corrected chi connectivity index (χ0v) is 14.6. The second kappa shape index (κ2) is 6.48. The van der Waals surface area contributed by atoms with E-state index >= 15 is 0 Å². The van der Waals surface area contributed by atoms with Gasteiger partial charge in [-0.1, -0.05) is 48.0 Å². The summed E-state index contributed by atoms with van der Waals surface area (Å²) in [5.74, 6) is 0.396. The summed E-state index contributed by atoms with van der Waals surface area (Å²) in [6, 6.07) is 19.7. The van der Waals surface area contributed by atoms with Crippen LogP contribution in [0, 0.1) is 0 Å². The SMILES string of the molecule is Nc1cccc(-c2ccc3c(c2)OC(C(=O)c2ccccc2Cl)C3N)c1. The summed E-state index contributed by atoms with van der Waals surface area (Å²) in [6.07, 6.45) is -0.791. The van der Waals surface area contributed by atoms with Crippen LogP contribution in [0.25, 0.3) is 11.1 Å². The van der Waals surface area contributed by atoms with Crippen molar-refractivity contribution in [2.45, 2.75) is 12.1 Å². The number of hydrogen-bond donors (Lipinski definition) is 2. The summed E-state index contributed by atoms with van der Waals surface area (Å²) in [7, 11) is 0. The molecule has 4 N–H and O–H groups in total. The van der Waals surface area contributed by atoms with Crippen molar-refractivity contribution in [2.24, 2.45) is 5.73 Å². The summed E-state index contributed by atoms with van der Waals surface area (Å²) in [4.78, 5) is 12.8. The van der Waals surface area contributed by atoms with Gasteiger partial charge >= 0.3 is 0 Å². The number of hydrogen-bond acceptors (Lipinski definition) is 4. The van der Waals surface area contributed by atoms with E-state index in [1.54, 1.807) is 24.3 Å². The Balaban J connectivity index is 1.66. The van der Waals surface area contributed by atoms with Crippen LogP contribution in [0.4, 0.5) is 5.69 Å². The number of nitrogens with two attached hydrogens (primary N) is 2. The van der Waals surface area contributed by atoms with E-state index in [9.17, 15) is 4.79 Å². The number of fused-ring (bicyclic) bond motifs is 1.